The number of ether oxygens (including phenoxy) is 1. The molecule has 0 aliphatic carbocycles. The van der Waals surface area contributed by atoms with E-state index in [0.29, 0.717) is 5.82 Å². The third-order valence-corrected chi connectivity index (χ3v) is 2.61. The molecule has 1 amide bonds. The van der Waals surface area contributed by atoms with E-state index in [1.807, 2.05) is 31.2 Å². The van der Waals surface area contributed by atoms with E-state index >= 15 is 0 Å². The van der Waals surface area contributed by atoms with E-state index < -0.39 is 11.9 Å². The monoisotopic (exact) mass is 289 g/mol. The fourth-order valence-corrected chi connectivity index (χ4v) is 1.65. The predicted molar refractivity (Wildman–Crippen MR) is 73.0 cm³/mol. The Balaban J connectivity index is 1.98. The highest BCUT2D eigenvalue weighted by Gasteiger charge is 2.16. The third kappa shape index (κ3) is 3.88. The Morgan fingerprint density at radius 2 is 2.19 bits per heavy atom. The Morgan fingerprint density at radius 3 is 2.90 bits per heavy atom. The van der Waals surface area contributed by atoms with Gasteiger partial charge in [-0.1, -0.05) is 28.9 Å². The van der Waals surface area contributed by atoms with Crippen molar-refractivity contribution in [3.8, 4) is 11.4 Å². The van der Waals surface area contributed by atoms with E-state index in [9.17, 15) is 9.59 Å². The minimum atomic E-state index is -0.934. The van der Waals surface area contributed by atoms with Crippen LogP contribution < -0.4 is 5.32 Å². The van der Waals surface area contributed by atoms with Gasteiger partial charge in [0.25, 0.3) is 0 Å². The molecule has 7 nitrogen and oxygen atoms in total. The highest BCUT2D eigenvalue weighted by atomic mass is 16.5. The minimum absolute atomic E-state index is 0.0313. The molecule has 0 aliphatic rings. The van der Waals surface area contributed by atoms with Crippen molar-refractivity contribution in [3.05, 3.63) is 35.7 Å². The lowest BCUT2D eigenvalue weighted by Crippen LogP contribution is -2.32. The number of carbonyl (C=O) groups is 2. The van der Waals surface area contributed by atoms with Crippen LogP contribution in [0.1, 0.15) is 18.4 Å². The van der Waals surface area contributed by atoms with Gasteiger partial charge in [0.05, 0.1) is 13.2 Å². The van der Waals surface area contributed by atoms with Crippen LogP contribution in [0.4, 0.5) is 0 Å². The lowest BCUT2D eigenvalue weighted by molar-refractivity contribution is -0.154. The molecule has 0 unspecified atom stereocenters. The first-order valence-corrected chi connectivity index (χ1v) is 6.44. The highest BCUT2D eigenvalue weighted by molar-refractivity contribution is 6.32. The van der Waals surface area contributed by atoms with E-state index in [-0.39, 0.29) is 19.0 Å². The third-order valence-electron chi connectivity index (χ3n) is 2.61. The van der Waals surface area contributed by atoms with Crippen LogP contribution >= 0.6 is 0 Å². The number of aryl methyl sites for hydroxylation is 1. The zero-order valence-corrected chi connectivity index (χ0v) is 11.8. The van der Waals surface area contributed by atoms with Gasteiger partial charge in [0.2, 0.25) is 11.7 Å². The van der Waals surface area contributed by atoms with Crippen LogP contribution in [-0.2, 0) is 20.9 Å². The quantitative estimate of drug-likeness (QED) is 0.672. The van der Waals surface area contributed by atoms with Crippen molar-refractivity contribution in [1.82, 2.24) is 15.5 Å². The summed E-state index contributed by atoms with van der Waals surface area (Å²) in [6, 6.07) is 7.64. The van der Waals surface area contributed by atoms with E-state index in [0.717, 1.165) is 11.1 Å². The minimum Gasteiger partial charge on any atom is -0.459 e. The van der Waals surface area contributed by atoms with Crippen LogP contribution in [0.15, 0.2) is 28.8 Å². The first-order valence-electron chi connectivity index (χ1n) is 6.44. The van der Waals surface area contributed by atoms with Crippen molar-refractivity contribution < 1.29 is 18.8 Å². The topological polar surface area (TPSA) is 94.3 Å². The number of hydrogen-bond acceptors (Lipinski definition) is 6. The van der Waals surface area contributed by atoms with Crippen molar-refractivity contribution in [1.29, 1.82) is 0 Å². The smallest absolute Gasteiger partial charge is 0.396 e. The molecule has 0 radical (unpaired) electrons. The maximum Gasteiger partial charge on any atom is 0.396 e. The van der Waals surface area contributed by atoms with Gasteiger partial charge in [0.1, 0.15) is 0 Å². The SMILES string of the molecule is CCOC(=O)C(=O)NCc1nc(-c2cccc(C)c2)no1. The second kappa shape index (κ2) is 6.65. The van der Waals surface area contributed by atoms with Crippen LogP contribution in [0, 0.1) is 6.92 Å². The van der Waals surface area contributed by atoms with Gasteiger partial charge < -0.3 is 14.6 Å². The molecule has 0 atom stereocenters. The van der Waals surface area contributed by atoms with Crippen LogP contribution in [0.5, 0.6) is 0 Å². The molecule has 0 saturated carbocycles. The predicted octanol–water partition coefficient (Wildman–Crippen LogP) is 1.22. The van der Waals surface area contributed by atoms with E-state index in [1.165, 1.54) is 0 Å². The van der Waals surface area contributed by atoms with E-state index in [1.54, 1.807) is 6.92 Å². The number of nitrogens with zero attached hydrogens (tertiary/aromatic N) is 2. The Hall–Kier alpha value is -2.70. The number of esters is 1. The summed E-state index contributed by atoms with van der Waals surface area (Å²) in [4.78, 5) is 26.6. The molecule has 2 rings (SSSR count). The normalized spacial score (nSPS) is 10.2. The number of nitrogens with one attached hydrogen (secondary N) is 1. The van der Waals surface area contributed by atoms with Gasteiger partial charge >= 0.3 is 11.9 Å². The largest absolute Gasteiger partial charge is 0.459 e. The van der Waals surface area contributed by atoms with Gasteiger partial charge in [0.15, 0.2) is 0 Å². The first-order chi connectivity index (χ1) is 10.1. The maximum absolute atomic E-state index is 11.4. The fourth-order valence-electron chi connectivity index (χ4n) is 1.65. The van der Waals surface area contributed by atoms with Crippen molar-refractivity contribution in [2.24, 2.45) is 0 Å². The van der Waals surface area contributed by atoms with Gasteiger partial charge in [-0.15, -0.1) is 0 Å². The van der Waals surface area contributed by atoms with Crippen molar-refractivity contribution in [2.75, 3.05) is 6.61 Å². The molecule has 1 N–H and O–H groups in total. The standard InChI is InChI=1S/C14H15N3O4/c1-3-20-14(19)13(18)15-8-11-16-12(17-21-11)10-6-4-5-9(2)7-10/h4-7H,3,8H2,1-2H3,(H,15,18). The Bertz CT molecular complexity index is 651. The number of aromatic nitrogens is 2. The van der Waals surface area contributed by atoms with Crippen LogP contribution in [0.2, 0.25) is 0 Å². The summed E-state index contributed by atoms with van der Waals surface area (Å²) in [5.41, 5.74) is 1.90. The molecule has 0 bridgehead atoms. The molecule has 1 aromatic carbocycles. The molecule has 0 spiro atoms. The molecular weight excluding hydrogens is 274 g/mol. The average molecular weight is 289 g/mol. The number of benzene rings is 1. The summed E-state index contributed by atoms with van der Waals surface area (Å²) in [5, 5.41) is 6.18. The second-order valence-electron chi connectivity index (χ2n) is 4.28. The van der Waals surface area contributed by atoms with Gasteiger partial charge in [-0.25, -0.2) is 4.79 Å². The molecule has 7 heteroatoms. The second-order valence-corrected chi connectivity index (χ2v) is 4.28. The highest BCUT2D eigenvalue weighted by Crippen LogP contribution is 2.16. The lowest BCUT2D eigenvalue weighted by Gasteiger charge is -2.01. The Morgan fingerprint density at radius 1 is 1.38 bits per heavy atom. The first kappa shape index (κ1) is 14.7. The van der Waals surface area contributed by atoms with Gasteiger partial charge in [-0.2, -0.15) is 4.98 Å². The number of amides is 1. The summed E-state index contributed by atoms with van der Waals surface area (Å²) in [7, 11) is 0. The maximum atomic E-state index is 11.4. The Kier molecular flexibility index (Phi) is 4.65. The number of carbonyl (C=O) groups excluding carboxylic acids is 2. The molecule has 110 valence electrons. The van der Waals surface area contributed by atoms with Crippen LogP contribution in [0.3, 0.4) is 0 Å². The molecule has 0 saturated heterocycles. The van der Waals surface area contributed by atoms with E-state index in [2.05, 4.69) is 20.2 Å². The fraction of sp³-hybridized carbons (Fsp3) is 0.286. The van der Waals surface area contributed by atoms with Crippen molar-refractivity contribution in [3.63, 3.8) is 0 Å². The zero-order chi connectivity index (χ0) is 15.2. The molecule has 1 aromatic heterocycles. The van der Waals surface area contributed by atoms with Gasteiger partial charge in [0, 0.05) is 5.56 Å². The van der Waals surface area contributed by atoms with E-state index in [4.69, 9.17) is 4.52 Å². The average Bonchev–Trinajstić information content (AvgIpc) is 2.94. The molecule has 1 heterocycles. The molecular formula is C14H15N3O4. The van der Waals surface area contributed by atoms with Crippen LogP contribution in [0.25, 0.3) is 11.4 Å². The molecule has 21 heavy (non-hydrogen) atoms. The summed E-state index contributed by atoms with van der Waals surface area (Å²) >= 11 is 0. The number of hydrogen-bond donors (Lipinski definition) is 1. The summed E-state index contributed by atoms with van der Waals surface area (Å²) in [6.45, 7) is 3.70. The molecule has 2 aromatic rings. The zero-order valence-electron chi connectivity index (χ0n) is 11.8. The summed E-state index contributed by atoms with van der Waals surface area (Å²) < 4.78 is 9.58. The molecule has 0 fully saturated rings. The summed E-state index contributed by atoms with van der Waals surface area (Å²) in [6.07, 6.45) is 0. The Labute approximate surface area is 121 Å². The lowest BCUT2D eigenvalue weighted by atomic mass is 10.1. The molecule has 0 aliphatic heterocycles. The summed E-state index contributed by atoms with van der Waals surface area (Å²) in [5.74, 6) is -1.13. The number of rotatable bonds is 4. The van der Waals surface area contributed by atoms with Gasteiger partial charge in [-0.05, 0) is 19.9 Å². The van der Waals surface area contributed by atoms with Crippen LogP contribution in [-0.4, -0.2) is 28.6 Å². The van der Waals surface area contributed by atoms with Crippen molar-refractivity contribution >= 4 is 11.9 Å². The van der Waals surface area contributed by atoms with Crippen molar-refractivity contribution in [2.45, 2.75) is 20.4 Å². The van der Waals surface area contributed by atoms with Gasteiger partial charge in [-0.3, -0.25) is 4.79 Å².